The summed E-state index contributed by atoms with van der Waals surface area (Å²) in [6.45, 7) is 1.46. The smallest absolute Gasteiger partial charge is 0.410 e. The van der Waals surface area contributed by atoms with Gasteiger partial charge in [-0.25, -0.2) is 9.59 Å². The van der Waals surface area contributed by atoms with Gasteiger partial charge in [0.1, 0.15) is 0 Å². The number of alkyl carbamates (subject to hydrolysis) is 1. The normalized spacial score (nSPS) is 13.9. The molecule has 170 valence electrons. The average Bonchev–Trinajstić information content (AvgIpc) is 3.19. The van der Waals surface area contributed by atoms with Crippen molar-refractivity contribution in [1.82, 2.24) is 15.2 Å². The number of rotatable bonds is 9. The van der Waals surface area contributed by atoms with Crippen LogP contribution in [0.3, 0.4) is 0 Å². The molecule has 0 fully saturated rings. The van der Waals surface area contributed by atoms with E-state index in [4.69, 9.17) is 14.2 Å². The maximum Gasteiger partial charge on any atom is 0.410 e. The Morgan fingerprint density at radius 1 is 1.19 bits per heavy atom. The van der Waals surface area contributed by atoms with E-state index in [1.807, 2.05) is 42.7 Å². The van der Waals surface area contributed by atoms with Crippen LogP contribution >= 0.6 is 0 Å². The molecule has 1 amide bonds. The zero-order valence-corrected chi connectivity index (χ0v) is 18.1. The molecule has 1 aliphatic rings. The molecule has 0 saturated heterocycles. The van der Waals surface area contributed by atoms with Gasteiger partial charge >= 0.3 is 18.0 Å². The van der Waals surface area contributed by atoms with E-state index < -0.39 is 30.7 Å². The van der Waals surface area contributed by atoms with Gasteiger partial charge in [0, 0.05) is 43.3 Å². The van der Waals surface area contributed by atoms with Crippen molar-refractivity contribution in [2.45, 2.75) is 19.8 Å². The molecule has 0 aliphatic carbocycles. The number of amides is 1. The largest absolute Gasteiger partial charge is 0.466 e. The Balaban J connectivity index is 1.50. The fourth-order valence-electron chi connectivity index (χ4n) is 3.38. The Morgan fingerprint density at radius 2 is 2.00 bits per heavy atom. The SMILES string of the molecule is CCOC(=O)C(CNC(=O)OCOC(=O)C1=CN(C)C=CC1)Cc1c[nH]c2ccccc12. The van der Waals surface area contributed by atoms with Crippen molar-refractivity contribution in [3.8, 4) is 0 Å². The van der Waals surface area contributed by atoms with Crippen LogP contribution in [0.4, 0.5) is 4.79 Å². The van der Waals surface area contributed by atoms with E-state index >= 15 is 0 Å². The molecule has 2 heterocycles. The number of hydrogen-bond acceptors (Lipinski definition) is 7. The van der Waals surface area contributed by atoms with E-state index in [2.05, 4.69) is 10.3 Å². The van der Waals surface area contributed by atoms with E-state index in [0.29, 0.717) is 18.4 Å². The van der Waals surface area contributed by atoms with Gasteiger partial charge < -0.3 is 29.4 Å². The second-order valence-electron chi connectivity index (χ2n) is 7.28. The summed E-state index contributed by atoms with van der Waals surface area (Å²) in [5.41, 5.74) is 2.37. The maximum atomic E-state index is 12.4. The number of nitrogens with zero attached hydrogens (tertiary/aromatic N) is 1. The highest BCUT2D eigenvalue weighted by Gasteiger charge is 2.23. The maximum absolute atomic E-state index is 12.4. The molecule has 2 aromatic rings. The van der Waals surface area contributed by atoms with Gasteiger partial charge in [0.05, 0.1) is 18.1 Å². The highest BCUT2D eigenvalue weighted by molar-refractivity contribution is 5.89. The van der Waals surface area contributed by atoms with Gasteiger partial charge in [-0.15, -0.1) is 0 Å². The van der Waals surface area contributed by atoms with Gasteiger partial charge in [0.2, 0.25) is 6.79 Å². The molecule has 9 heteroatoms. The topological polar surface area (TPSA) is 110 Å². The summed E-state index contributed by atoms with van der Waals surface area (Å²) < 4.78 is 15.1. The van der Waals surface area contributed by atoms with Crippen LogP contribution in [0.15, 0.2) is 54.5 Å². The van der Waals surface area contributed by atoms with E-state index in [1.54, 1.807) is 25.1 Å². The number of esters is 2. The van der Waals surface area contributed by atoms with Gasteiger partial charge in [0.25, 0.3) is 0 Å². The van der Waals surface area contributed by atoms with Crippen molar-refractivity contribution in [1.29, 1.82) is 0 Å². The highest BCUT2D eigenvalue weighted by Crippen LogP contribution is 2.21. The first kappa shape index (κ1) is 22.9. The van der Waals surface area contributed by atoms with Crippen LogP contribution in [-0.4, -0.2) is 54.9 Å². The third-order valence-electron chi connectivity index (χ3n) is 4.93. The summed E-state index contributed by atoms with van der Waals surface area (Å²) in [5.74, 6) is -1.57. The molecule has 1 aromatic carbocycles. The summed E-state index contributed by atoms with van der Waals surface area (Å²) in [5, 5.41) is 3.55. The lowest BCUT2D eigenvalue weighted by Gasteiger charge is -2.17. The number of carbonyl (C=O) groups excluding carboxylic acids is 3. The molecule has 1 aliphatic heterocycles. The number of nitrogens with one attached hydrogen (secondary N) is 2. The van der Waals surface area contributed by atoms with E-state index in [9.17, 15) is 14.4 Å². The standard InChI is InChI=1S/C23H27N3O6/c1-3-30-22(28)18(11-17-12-24-20-9-5-4-8-19(17)20)13-25-23(29)32-15-31-21(27)16-7-6-10-26(2)14-16/h4-6,8-10,12,14,18,24H,3,7,11,13,15H2,1-2H3,(H,25,29). The number of carbonyl (C=O) groups is 3. The van der Waals surface area contributed by atoms with Crippen molar-refractivity contribution in [3.05, 3.63) is 60.1 Å². The monoisotopic (exact) mass is 441 g/mol. The fourth-order valence-corrected chi connectivity index (χ4v) is 3.38. The predicted octanol–water partition coefficient (Wildman–Crippen LogP) is 2.85. The first-order chi connectivity index (χ1) is 15.5. The quantitative estimate of drug-likeness (QED) is 0.455. The molecule has 0 spiro atoms. The third kappa shape index (κ3) is 6.13. The van der Waals surface area contributed by atoms with Crippen LogP contribution in [0.1, 0.15) is 18.9 Å². The Morgan fingerprint density at radius 3 is 2.78 bits per heavy atom. The number of aromatic amines is 1. The number of hydrogen-bond donors (Lipinski definition) is 2. The molecule has 32 heavy (non-hydrogen) atoms. The number of benzene rings is 1. The van der Waals surface area contributed by atoms with Crippen LogP contribution < -0.4 is 5.32 Å². The van der Waals surface area contributed by atoms with Crippen LogP contribution in [0.2, 0.25) is 0 Å². The zero-order valence-electron chi connectivity index (χ0n) is 18.1. The minimum atomic E-state index is -0.791. The molecular formula is C23H27N3O6. The Kier molecular flexibility index (Phi) is 7.91. The molecule has 0 bridgehead atoms. The average molecular weight is 441 g/mol. The third-order valence-corrected chi connectivity index (χ3v) is 4.93. The van der Waals surface area contributed by atoms with Gasteiger partial charge in [-0.2, -0.15) is 0 Å². The lowest BCUT2D eigenvalue weighted by Crippen LogP contribution is -2.35. The van der Waals surface area contributed by atoms with E-state index in [1.165, 1.54) is 0 Å². The molecule has 1 atom stereocenters. The van der Waals surface area contributed by atoms with E-state index in [-0.39, 0.29) is 13.2 Å². The second kappa shape index (κ2) is 11.0. The Labute approximate surface area is 186 Å². The van der Waals surface area contributed by atoms with Gasteiger partial charge in [-0.05, 0) is 31.2 Å². The summed E-state index contributed by atoms with van der Waals surface area (Å²) in [7, 11) is 1.79. The lowest BCUT2D eigenvalue weighted by atomic mass is 9.99. The van der Waals surface area contributed by atoms with Crippen molar-refractivity contribution in [2.24, 2.45) is 5.92 Å². The predicted molar refractivity (Wildman–Crippen MR) is 117 cm³/mol. The fraction of sp³-hybridized carbons (Fsp3) is 0.348. The van der Waals surface area contributed by atoms with Crippen molar-refractivity contribution >= 4 is 28.9 Å². The zero-order chi connectivity index (χ0) is 22.9. The molecule has 0 saturated carbocycles. The molecule has 1 unspecified atom stereocenters. The van der Waals surface area contributed by atoms with Crippen LogP contribution in [0.5, 0.6) is 0 Å². The first-order valence-electron chi connectivity index (χ1n) is 10.4. The Bertz CT molecular complexity index is 1030. The van der Waals surface area contributed by atoms with Crippen molar-refractivity contribution in [2.75, 3.05) is 27.0 Å². The van der Waals surface area contributed by atoms with Crippen molar-refractivity contribution < 1.29 is 28.6 Å². The lowest BCUT2D eigenvalue weighted by molar-refractivity contribution is -0.147. The second-order valence-corrected chi connectivity index (χ2v) is 7.28. The summed E-state index contributed by atoms with van der Waals surface area (Å²) >= 11 is 0. The summed E-state index contributed by atoms with van der Waals surface area (Å²) in [4.78, 5) is 41.4. The molecule has 3 rings (SSSR count). The first-order valence-corrected chi connectivity index (χ1v) is 10.4. The number of fused-ring (bicyclic) bond motifs is 1. The molecule has 0 radical (unpaired) electrons. The molecular weight excluding hydrogens is 414 g/mol. The minimum Gasteiger partial charge on any atom is -0.466 e. The minimum absolute atomic E-state index is 0.0197. The van der Waals surface area contributed by atoms with Gasteiger partial charge in [-0.3, -0.25) is 4.79 Å². The number of para-hydroxylation sites is 1. The Hall–Kier alpha value is -3.75. The van der Waals surface area contributed by atoms with Gasteiger partial charge in [0.15, 0.2) is 0 Å². The molecule has 2 N–H and O–H groups in total. The summed E-state index contributed by atoms with van der Waals surface area (Å²) in [6.07, 6.45) is 7.20. The van der Waals surface area contributed by atoms with Crippen LogP contribution in [-0.2, 0) is 30.2 Å². The van der Waals surface area contributed by atoms with Gasteiger partial charge in [-0.1, -0.05) is 24.3 Å². The van der Waals surface area contributed by atoms with E-state index in [0.717, 1.165) is 16.5 Å². The summed E-state index contributed by atoms with van der Waals surface area (Å²) in [6, 6.07) is 7.77. The number of aromatic nitrogens is 1. The number of ether oxygens (including phenoxy) is 3. The highest BCUT2D eigenvalue weighted by atomic mass is 16.7. The number of H-pyrrole nitrogens is 1. The van der Waals surface area contributed by atoms with Crippen LogP contribution in [0, 0.1) is 5.92 Å². The van der Waals surface area contributed by atoms with Crippen LogP contribution in [0.25, 0.3) is 10.9 Å². The molecule has 9 nitrogen and oxygen atoms in total. The molecule has 1 aromatic heterocycles. The number of allylic oxidation sites excluding steroid dienone is 1. The van der Waals surface area contributed by atoms with Crippen molar-refractivity contribution in [3.63, 3.8) is 0 Å².